The largest absolute Gasteiger partial charge is 0.382 e. The molecule has 2 nitrogen and oxygen atoms in total. The number of carbonyl (C=O) groups excluding carboxylic acids is 1. The minimum absolute atomic E-state index is 0.274. The Balaban J connectivity index is 0. The van der Waals surface area contributed by atoms with E-state index in [1.54, 1.807) is 0 Å². The van der Waals surface area contributed by atoms with Gasteiger partial charge in [-0.15, -0.1) is 0 Å². The highest BCUT2D eigenvalue weighted by atomic mass is 16.1. The lowest BCUT2D eigenvalue weighted by molar-refractivity contribution is -0.118. The molecule has 0 heterocycles. The molecule has 0 aromatic heterocycles. The topological polar surface area (TPSA) is 29.1 Å². The van der Waals surface area contributed by atoms with Gasteiger partial charge in [0.15, 0.2) is 5.78 Å². The van der Waals surface area contributed by atoms with Gasteiger partial charge in [0, 0.05) is 12.1 Å². The third-order valence-electron chi connectivity index (χ3n) is 2.72. The van der Waals surface area contributed by atoms with Gasteiger partial charge in [0.1, 0.15) is 0 Å². The molecule has 2 heteroatoms. The number of hydrogen-bond donors (Lipinski definition) is 1. The average molecular weight is 279 g/mol. The van der Waals surface area contributed by atoms with Gasteiger partial charge in [-0.25, -0.2) is 0 Å². The van der Waals surface area contributed by atoms with Crippen LogP contribution in [0, 0.1) is 0 Å². The summed E-state index contributed by atoms with van der Waals surface area (Å²) < 4.78 is 0. The van der Waals surface area contributed by atoms with Crippen LogP contribution in [-0.2, 0) is 4.79 Å². The smallest absolute Gasteiger partial charge is 0.151 e. The van der Waals surface area contributed by atoms with Crippen molar-refractivity contribution in [3.05, 3.63) is 36.6 Å². The van der Waals surface area contributed by atoms with Gasteiger partial charge in [0.05, 0.1) is 6.54 Å². The van der Waals surface area contributed by atoms with Crippen LogP contribution in [-0.4, -0.2) is 12.3 Å². The lowest BCUT2D eigenvalue weighted by atomic mass is 10.1. The highest BCUT2D eigenvalue weighted by molar-refractivity contribution is 5.80. The molecule has 0 aliphatic carbocycles. The van der Waals surface area contributed by atoms with Gasteiger partial charge in [0.2, 0.25) is 0 Å². The molecule has 0 unspecified atom stereocenters. The lowest BCUT2D eigenvalue weighted by Gasteiger charge is -2.08. The summed E-state index contributed by atoms with van der Waals surface area (Å²) in [5.74, 6) is 0.274. The van der Waals surface area contributed by atoms with E-state index in [9.17, 15) is 4.79 Å². The SMILES string of the molecule is C=C(/C=C\C)CCCC(=C)NCC(=O)CCCC.CC. The second kappa shape index (κ2) is 15.7. The predicted molar refractivity (Wildman–Crippen MR) is 90.8 cm³/mol. The third-order valence-corrected chi connectivity index (χ3v) is 2.72. The van der Waals surface area contributed by atoms with Crippen molar-refractivity contribution in [2.24, 2.45) is 0 Å². The first-order valence-electron chi connectivity index (χ1n) is 7.84. The minimum Gasteiger partial charge on any atom is -0.382 e. The Morgan fingerprint density at radius 3 is 2.30 bits per heavy atom. The van der Waals surface area contributed by atoms with Crippen LogP contribution in [0.25, 0.3) is 0 Å². The maximum atomic E-state index is 11.4. The van der Waals surface area contributed by atoms with Crippen LogP contribution < -0.4 is 5.32 Å². The summed E-state index contributed by atoms with van der Waals surface area (Å²) in [7, 11) is 0. The molecule has 0 saturated heterocycles. The van der Waals surface area contributed by atoms with Crippen LogP contribution in [0.15, 0.2) is 36.6 Å². The Labute approximate surface area is 126 Å². The summed E-state index contributed by atoms with van der Waals surface area (Å²) in [6.07, 6.45) is 9.67. The summed E-state index contributed by atoms with van der Waals surface area (Å²) >= 11 is 0. The normalized spacial score (nSPS) is 9.80. The Bertz CT molecular complexity index is 303. The molecular weight excluding hydrogens is 246 g/mol. The van der Waals surface area contributed by atoms with Crippen molar-refractivity contribution in [2.45, 2.75) is 66.2 Å². The maximum Gasteiger partial charge on any atom is 0.151 e. The Morgan fingerprint density at radius 1 is 1.10 bits per heavy atom. The molecule has 0 atom stereocenters. The van der Waals surface area contributed by atoms with Crippen LogP contribution in [0.5, 0.6) is 0 Å². The molecule has 20 heavy (non-hydrogen) atoms. The number of carbonyl (C=O) groups is 1. The minimum atomic E-state index is 0.274. The number of Topliss-reactive ketones (excluding diaryl/α,β-unsaturated/α-hetero) is 1. The van der Waals surface area contributed by atoms with Crippen molar-refractivity contribution in [3.63, 3.8) is 0 Å². The number of allylic oxidation sites excluding steroid dienone is 4. The van der Waals surface area contributed by atoms with Crippen molar-refractivity contribution in [1.82, 2.24) is 5.32 Å². The molecule has 1 N–H and O–H groups in total. The number of rotatable bonds is 11. The van der Waals surface area contributed by atoms with Crippen molar-refractivity contribution in [2.75, 3.05) is 6.54 Å². The van der Waals surface area contributed by atoms with Gasteiger partial charge in [-0.1, -0.05) is 58.1 Å². The second-order valence-corrected chi connectivity index (χ2v) is 4.61. The third kappa shape index (κ3) is 14.7. The Hall–Kier alpha value is -1.31. The molecular formula is C18H33NO. The van der Waals surface area contributed by atoms with Crippen molar-refractivity contribution in [1.29, 1.82) is 0 Å². The molecule has 0 aromatic carbocycles. The zero-order valence-electron chi connectivity index (χ0n) is 13.9. The van der Waals surface area contributed by atoms with Gasteiger partial charge in [-0.3, -0.25) is 4.79 Å². The molecule has 0 aliphatic rings. The molecule has 0 rings (SSSR count). The van der Waals surface area contributed by atoms with Crippen LogP contribution in [0.2, 0.25) is 0 Å². The molecule has 116 valence electrons. The van der Waals surface area contributed by atoms with E-state index in [-0.39, 0.29) is 5.78 Å². The summed E-state index contributed by atoms with van der Waals surface area (Å²) in [4.78, 5) is 11.4. The monoisotopic (exact) mass is 279 g/mol. The fraction of sp³-hybridized carbons (Fsp3) is 0.611. The molecule has 0 amide bonds. The predicted octanol–water partition coefficient (Wildman–Crippen LogP) is 5.18. The van der Waals surface area contributed by atoms with Crippen LogP contribution >= 0.6 is 0 Å². The van der Waals surface area contributed by atoms with E-state index >= 15 is 0 Å². The first-order chi connectivity index (χ1) is 9.60. The zero-order valence-corrected chi connectivity index (χ0v) is 13.9. The summed E-state index contributed by atoms with van der Waals surface area (Å²) in [5.41, 5.74) is 2.09. The van der Waals surface area contributed by atoms with Gasteiger partial charge in [-0.2, -0.15) is 0 Å². The molecule has 0 bridgehead atoms. The van der Waals surface area contributed by atoms with Crippen molar-refractivity contribution in [3.8, 4) is 0 Å². The Kier molecular flexibility index (Phi) is 16.5. The standard InChI is InChI=1S/C16H27NO.C2H6/c1-5-7-12-16(18)13-17-15(4)11-8-10-14(3)9-6-2;1-2/h6,9,17H,3-5,7-8,10-13H2,1-2H3;1-2H3/b9-6-;. The maximum absolute atomic E-state index is 11.4. The number of nitrogens with one attached hydrogen (secondary N) is 1. The van der Waals surface area contributed by atoms with Gasteiger partial charge in [0.25, 0.3) is 0 Å². The van der Waals surface area contributed by atoms with E-state index in [4.69, 9.17) is 0 Å². The number of ketones is 1. The van der Waals surface area contributed by atoms with Gasteiger partial charge >= 0.3 is 0 Å². The first-order valence-corrected chi connectivity index (χ1v) is 7.84. The summed E-state index contributed by atoms with van der Waals surface area (Å²) in [6, 6.07) is 0. The van der Waals surface area contributed by atoms with Gasteiger partial charge < -0.3 is 5.32 Å². The quantitative estimate of drug-likeness (QED) is 0.528. The highest BCUT2D eigenvalue weighted by Crippen LogP contribution is 2.09. The lowest BCUT2D eigenvalue weighted by Crippen LogP contribution is -2.21. The van der Waals surface area contributed by atoms with Crippen molar-refractivity contribution >= 4 is 5.78 Å². The highest BCUT2D eigenvalue weighted by Gasteiger charge is 2.01. The second-order valence-electron chi connectivity index (χ2n) is 4.61. The van der Waals surface area contributed by atoms with E-state index < -0.39 is 0 Å². The fourth-order valence-corrected chi connectivity index (χ4v) is 1.62. The molecule has 0 aromatic rings. The van der Waals surface area contributed by atoms with E-state index in [0.717, 1.165) is 43.4 Å². The van der Waals surface area contributed by atoms with E-state index in [1.807, 2.05) is 32.9 Å². The molecule has 0 aliphatic heterocycles. The number of hydrogen-bond acceptors (Lipinski definition) is 2. The fourth-order valence-electron chi connectivity index (χ4n) is 1.62. The molecule has 0 saturated carbocycles. The Morgan fingerprint density at radius 2 is 1.75 bits per heavy atom. The van der Waals surface area contributed by atoms with E-state index in [2.05, 4.69) is 25.4 Å². The summed E-state index contributed by atoms with van der Waals surface area (Å²) in [6.45, 7) is 16.4. The van der Waals surface area contributed by atoms with Gasteiger partial charge in [-0.05, 0) is 32.6 Å². The average Bonchev–Trinajstić information content (AvgIpc) is 2.45. The number of unbranched alkanes of at least 4 members (excludes halogenated alkanes) is 1. The summed E-state index contributed by atoms with van der Waals surface area (Å²) in [5, 5.41) is 3.11. The molecule has 0 fully saturated rings. The van der Waals surface area contributed by atoms with E-state index in [0.29, 0.717) is 13.0 Å². The molecule has 0 spiro atoms. The van der Waals surface area contributed by atoms with Crippen LogP contribution in [0.3, 0.4) is 0 Å². The van der Waals surface area contributed by atoms with Crippen LogP contribution in [0.4, 0.5) is 0 Å². The first kappa shape index (κ1) is 21.0. The molecule has 0 radical (unpaired) electrons. The van der Waals surface area contributed by atoms with E-state index in [1.165, 1.54) is 0 Å². The van der Waals surface area contributed by atoms with Crippen molar-refractivity contribution < 1.29 is 4.79 Å². The zero-order chi connectivity index (χ0) is 15.8. The van der Waals surface area contributed by atoms with Crippen LogP contribution in [0.1, 0.15) is 66.2 Å².